The number of sulfonamides is 1. The van der Waals surface area contributed by atoms with Crippen LogP contribution in [0, 0.1) is 17.5 Å². The number of hydrogen-bond acceptors (Lipinski definition) is 3. The normalized spacial score (nSPS) is 11.6. The molecule has 8 heteroatoms. The number of hydrogen-bond donors (Lipinski definition) is 2. The number of nitrogens with one attached hydrogen (secondary N) is 2. The number of benzene rings is 1. The van der Waals surface area contributed by atoms with Crippen LogP contribution in [0.25, 0.3) is 0 Å². The van der Waals surface area contributed by atoms with E-state index in [-0.39, 0.29) is 5.75 Å². The standard InChI is InChI=1S/C13H19F3N2O2S/c1-2-5-17-6-3-4-7-21(19,20)18-12-9-10(14)8-11(15)13(12)16/h8-9,17-18H,2-7H2,1H3. The van der Waals surface area contributed by atoms with Gasteiger partial charge in [-0.15, -0.1) is 0 Å². The second-order valence-electron chi connectivity index (χ2n) is 4.63. The van der Waals surface area contributed by atoms with Gasteiger partial charge in [0.15, 0.2) is 11.6 Å². The maximum atomic E-state index is 13.4. The minimum Gasteiger partial charge on any atom is -0.317 e. The van der Waals surface area contributed by atoms with Gasteiger partial charge < -0.3 is 5.32 Å². The Bertz CT molecular complexity index is 565. The highest BCUT2D eigenvalue weighted by atomic mass is 32.2. The Kier molecular flexibility index (Phi) is 6.97. The SMILES string of the molecule is CCCNCCCCS(=O)(=O)Nc1cc(F)cc(F)c1F. The molecule has 0 atom stereocenters. The van der Waals surface area contributed by atoms with E-state index < -0.39 is 33.2 Å². The molecule has 2 N–H and O–H groups in total. The molecule has 21 heavy (non-hydrogen) atoms. The van der Waals surface area contributed by atoms with E-state index in [9.17, 15) is 21.6 Å². The van der Waals surface area contributed by atoms with Crippen molar-refractivity contribution >= 4 is 15.7 Å². The lowest BCUT2D eigenvalue weighted by Gasteiger charge is -2.09. The van der Waals surface area contributed by atoms with Crippen molar-refractivity contribution in [2.75, 3.05) is 23.6 Å². The lowest BCUT2D eigenvalue weighted by atomic mass is 10.3. The van der Waals surface area contributed by atoms with Gasteiger partial charge >= 0.3 is 0 Å². The zero-order valence-corrected chi connectivity index (χ0v) is 12.6. The van der Waals surface area contributed by atoms with Crippen molar-refractivity contribution in [1.82, 2.24) is 5.32 Å². The Morgan fingerprint density at radius 3 is 2.48 bits per heavy atom. The van der Waals surface area contributed by atoms with E-state index in [1.54, 1.807) is 0 Å². The van der Waals surface area contributed by atoms with Crippen LogP contribution in [0.5, 0.6) is 0 Å². The Balaban J connectivity index is 2.53. The fraction of sp³-hybridized carbons (Fsp3) is 0.538. The van der Waals surface area contributed by atoms with E-state index in [1.807, 2.05) is 11.6 Å². The number of halogens is 3. The average Bonchev–Trinajstić information content (AvgIpc) is 2.39. The highest BCUT2D eigenvalue weighted by Crippen LogP contribution is 2.20. The van der Waals surface area contributed by atoms with Gasteiger partial charge in [-0.05, 0) is 32.4 Å². The van der Waals surface area contributed by atoms with Gasteiger partial charge in [-0.2, -0.15) is 0 Å². The van der Waals surface area contributed by atoms with Crippen LogP contribution in [0.4, 0.5) is 18.9 Å². The second-order valence-corrected chi connectivity index (χ2v) is 6.47. The van der Waals surface area contributed by atoms with Crippen LogP contribution < -0.4 is 10.0 Å². The van der Waals surface area contributed by atoms with Crippen molar-refractivity contribution in [1.29, 1.82) is 0 Å². The monoisotopic (exact) mass is 324 g/mol. The van der Waals surface area contributed by atoms with Crippen LogP contribution >= 0.6 is 0 Å². The van der Waals surface area contributed by atoms with Gasteiger partial charge in [0.25, 0.3) is 0 Å². The quantitative estimate of drug-likeness (QED) is 0.542. The summed E-state index contributed by atoms with van der Waals surface area (Å²) in [5.74, 6) is -4.13. The van der Waals surface area contributed by atoms with E-state index >= 15 is 0 Å². The molecule has 0 aliphatic heterocycles. The Morgan fingerprint density at radius 1 is 1.10 bits per heavy atom. The van der Waals surface area contributed by atoms with Gasteiger partial charge in [-0.25, -0.2) is 21.6 Å². The first-order chi connectivity index (χ1) is 9.85. The molecule has 1 aromatic rings. The van der Waals surface area contributed by atoms with Crippen molar-refractivity contribution in [3.05, 3.63) is 29.6 Å². The number of anilines is 1. The zero-order valence-electron chi connectivity index (χ0n) is 11.8. The fourth-order valence-electron chi connectivity index (χ4n) is 1.69. The van der Waals surface area contributed by atoms with Crippen LogP contribution in [0.2, 0.25) is 0 Å². The lowest BCUT2D eigenvalue weighted by Crippen LogP contribution is -2.20. The molecule has 0 aromatic heterocycles. The topological polar surface area (TPSA) is 58.2 Å². The maximum Gasteiger partial charge on any atom is 0.232 e. The molecule has 0 spiro atoms. The molecule has 1 aromatic carbocycles. The number of rotatable bonds is 9. The first kappa shape index (κ1) is 17.8. The molecule has 0 saturated carbocycles. The summed E-state index contributed by atoms with van der Waals surface area (Å²) in [6.45, 7) is 3.57. The van der Waals surface area contributed by atoms with Crippen LogP contribution in [-0.2, 0) is 10.0 Å². The van der Waals surface area contributed by atoms with Gasteiger partial charge in [0.1, 0.15) is 5.82 Å². The van der Waals surface area contributed by atoms with E-state index in [1.165, 1.54) is 0 Å². The molecule has 0 unspecified atom stereocenters. The summed E-state index contributed by atoms with van der Waals surface area (Å²) in [6.07, 6.45) is 2.00. The van der Waals surface area contributed by atoms with E-state index in [2.05, 4.69) is 5.32 Å². The highest BCUT2D eigenvalue weighted by Gasteiger charge is 2.17. The Morgan fingerprint density at radius 2 is 1.81 bits per heavy atom. The van der Waals surface area contributed by atoms with Crippen molar-refractivity contribution in [3.8, 4) is 0 Å². The highest BCUT2D eigenvalue weighted by molar-refractivity contribution is 7.92. The van der Waals surface area contributed by atoms with E-state index in [0.717, 1.165) is 13.0 Å². The van der Waals surface area contributed by atoms with Gasteiger partial charge in [0, 0.05) is 12.1 Å². The third-order valence-corrected chi connectivity index (χ3v) is 4.06. The summed E-state index contributed by atoms with van der Waals surface area (Å²) >= 11 is 0. The van der Waals surface area contributed by atoms with Crippen LogP contribution in [0.1, 0.15) is 26.2 Å². The molecule has 0 heterocycles. The average molecular weight is 324 g/mol. The molecule has 0 bridgehead atoms. The molecular weight excluding hydrogens is 305 g/mol. The van der Waals surface area contributed by atoms with Gasteiger partial charge in [-0.1, -0.05) is 6.92 Å². The second kappa shape index (κ2) is 8.23. The molecular formula is C13H19F3N2O2S. The maximum absolute atomic E-state index is 13.4. The van der Waals surface area contributed by atoms with Gasteiger partial charge in [0.2, 0.25) is 10.0 Å². The van der Waals surface area contributed by atoms with Crippen molar-refractivity contribution in [3.63, 3.8) is 0 Å². The van der Waals surface area contributed by atoms with Crippen molar-refractivity contribution in [2.24, 2.45) is 0 Å². The van der Waals surface area contributed by atoms with Gasteiger partial charge in [0.05, 0.1) is 11.4 Å². The summed E-state index contributed by atoms with van der Waals surface area (Å²) in [6, 6.07) is 0.964. The number of unbranched alkanes of at least 4 members (excludes halogenated alkanes) is 1. The molecule has 4 nitrogen and oxygen atoms in total. The summed E-state index contributed by atoms with van der Waals surface area (Å²) in [5.41, 5.74) is -0.711. The first-order valence-corrected chi connectivity index (χ1v) is 8.36. The van der Waals surface area contributed by atoms with E-state index in [4.69, 9.17) is 0 Å². The van der Waals surface area contributed by atoms with Crippen molar-refractivity contribution in [2.45, 2.75) is 26.2 Å². The minimum absolute atomic E-state index is 0.238. The molecule has 0 aliphatic rings. The summed E-state index contributed by atoms with van der Waals surface area (Å²) < 4.78 is 64.6. The molecule has 0 radical (unpaired) electrons. The third-order valence-electron chi connectivity index (χ3n) is 2.70. The molecule has 120 valence electrons. The van der Waals surface area contributed by atoms with Crippen LogP contribution in [0.15, 0.2) is 12.1 Å². The molecule has 0 aliphatic carbocycles. The third kappa shape index (κ3) is 6.34. The predicted octanol–water partition coefficient (Wildman–Crippen LogP) is 2.63. The molecule has 0 amide bonds. The molecule has 0 saturated heterocycles. The zero-order chi connectivity index (χ0) is 15.9. The minimum atomic E-state index is -3.83. The summed E-state index contributed by atoms with van der Waals surface area (Å²) in [5, 5.41) is 3.12. The van der Waals surface area contributed by atoms with Crippen LogP contribution in [0.3, 0.4) is 0 Å². The largest absolute Gasteiger partial charge is 0.317 e. The summed E-state index contributed by atoms with van der Waals surface area (Å²) in [7, 11) is -3.83. The Hall–Kier alpha value is -1.28. The first-order valence-electron chi connectivity index (χ1n) is 6.71. The Labute approximate surface area is 122 Å². The lowest BCUT2D eigenvalue weighted by molar-refractivity contribution is 0.498. The van der Waals surface area contributed by atoms with Crippen LogP contribution in [-0.4, -0.2) is 27.3 Å². The smallest absolute Gasteiger partial charge is 0.232 e. The summed E-state index contributed by atoms with van der Waals surface area (Å²) in [4.78, 5) is 0. The van der Waals surface area contributed by atoms with Gasteiger partial charge in [-0.3, -0.25) is 4.72 Å². The molecule has 1 rings (SSSR count). The van der Waals surface area contributed by atoms with E-state index in [0.29, 0.717) is 31.5 Å². The molecule has 0 fully saturated rings. The fourth-order valence-corrected chi connectivity index (χ4v) is 2.86. The predicted molar refractivity (Wildman–Crippen MR) is 76.1 cm³/mol. The van der Waals surface area contributed by atoms with Crippen molar-refractivity contribution < 1.29 is 21.6 Å².